The van der Waals surface area contributed by atoms with E-state index in [1.54, 1.807) is 21.3 Å². The van der Waals surface area contributed by atoms with Gasteiger partial charge in [-0.3, -0.25) is 0 Å². The van der Waals surface area contributed by atoms with Crippen molar-refractivity contribution in [3.05, 3.63) is 162 Å². The lowest BCUT2D eigenvalue weighted by Crippen LogP contribution is -2.00. The molecule has 0 N–H and O–H groups in total. The van der Waals surface area contributed by atoms with Crippen molar-refractivity contribution < 1.29 is 14.2 Å². The predicted molar refractivity (Wildman–Crippen MR) is 226 cm³/mol. The van der Waals surface area contributed by atoms with Crippen LogP contribution in [0.1, 0.15) is 16.7 Å². The van der Waals surface area contributed by atoms with Crippen molar-refractivity contribution in [3.8, 4) is 85.6 Å². The minimum atomic E-state index is 0.546. The maximum Gasteiger partial charge on any atom is 0.164 e. The molecule has 0 saturated heterocycles. The second-order valence-electron chi connectivity index (χ2n) is 13.3. The first kappa shape index (κ1) is 36.5. The molecule has 0 atom stereocenters. The lowest BCUT2D eigenvalue weighted by molar-refractivity contribution is 0.415. The van der Waals surface area contributed by atoms with Gasteiger partial charge in [-0.2, -0.15) is 0 Å². The predicted octanol–water partition coefficient (Wildman–Crippen LogP) is 10.6. The Morgan fingerprint density at radius 3 is 0.947 bits per heavy atom. The van der Waals surface area contributed by atoms with Crippen LogP contribution in [-0.4, -0.2) is 51.2 Å². The van der Waals surface area contributed by atoms with Gasteiger partial charge in [0.2, 0.25) is 0 Å². The molecule has 0 saturated carbocycles. The van der Waals surface area contributed by atoms with Crippen LogP contribution in [0.4, 0.5) is 0 Å². The van der Waals surface area contributed by atoms with E-state index in [1.165, 1.54) is 0 Å². The van der Waals surface area contributed by atoms with Gasteiger partial charge in [-0.25, -0.2) is 29.9 Å². The second-order valence-corrected chi connectivity index (χ2v) is 13.3. The highest BCUT2D eigenvalue weighted by molar-refractivity contribution is 5.74. The van der Waals surface area contributed by atoms with E-state index in [-0.39, 0.29) is 0 Å². The molecule has 6 aromatic carbocycles. The quantitative estimate of drug-likeness (QED) is 0.120. The minimum absolute atomic E-state index is 0.546. The monoisotopic (exact) mass is 746 g/mol. The van der Waals surface area contributed by atoms with Crippen LogP contribution >= 0.6 is 0 Å². The molecular formula is C48H38N6O3. The number of rotatable bonds is 11. The molecule has 2 aromatic heterocycles. The Balaban J connectivity index is 1.06. The third-order valence-electron chi connectivity index (χ3n) is 9.34. The van der Waals surface area contributed by atoms with Gasteiger partial charge < -0.3 is 14.2 Å². The van der Waals surface area contributed by atoms with Gasteiger partial charge in [0.15, 0.2) is 34.9 Å². The van der Waals surface area contributed by atoms with E-state index in [0.29, 0.717) is 34.9 Å². The summed E-state index contributed by atoms with van der Waals surface area (Å²) in [7, 11) is 4.94. The molecule has 8 rings (SSSR count). The number of aryl methyl sites for hydroxylation is 1. The fourth-order valence-corrected chi connectivity index (χ4v) is 6.28. The van der Waals surface area contributed by atoms with E-state index in [9.17, 15) is 0 Å². The number of nitrogens with zero attached hydrogens (tertiary/aromatic N) is 6. The zero-order valence-corrected chi connectivity index (χ0v) is 31.9. The third kappa shape index (κ3) is 8.43. The summed E-state index contributed by atoms with van der Waals surface area (Å²) in [4.78, 5) is 29.3. The number of hydrogen-bond acceptors (Lipinski definition) is 9. The van der Waals surface area contributed by atoms with E-state index >= 15 is 0 Å². The Kier molecular flexibility index (Phi) is 10.5. The molecule has 9 nitrogen and oxygen atoms in total. The molecule has 0 aliphatic carbocycles. The lowest BCUT2D eigenvalue weighted by Gasteiger charge is -2.10. The summed E-state index contributed by atoms with van der Waals surface area (Å²) in [6.45, 7) is 2.06. The Bertz CT molecular complexity index is 2650. The van der Waals surface area contributed by atoms with Crippen LogP contribution in [0.3, 0.4) is 0 Å². The highest BCUT2D eigenvalue weighted by atomic mass is 16.5. The normalized spacial score (nSPS) is 11.1. The van der Waals surface area contributed by atoms with Crippen LogP contribution in [0.5, 0.6) is 17.2 Å². The maximum absolute atomic E-state index is 5.48. The molecule has 8 aromatic rings. The Morgan fingerprint density at radius 2 is 0.632 bits per heavy atom. The topological polar surface area (TPSA) is 105 Å². The summed E-state index contributed by atoms with van der Waals surface area (Å²) in [6.07, 6.45) is 4.16. The van der Waals surface area contributed by atoms with Crippen molar-refractivity contribution >= 4 is 12.2 Å². The molecule has 0 unspecified atom stereocenters. The Labute approximate surface area is 331 Å². The molecule has 0 aliphatic heterocycles. The summed E-state index contributed by atoms with van der Waals surface area (Å²) in [5, 5.41) is 0. The van der Waals surface area contributed by atoms with Crippen molar-refractivity contribution in [2.24, 2.45) is 0 Å². The lowest BCUT2D eigenvalue weighted by atomic mass is 10.1. The van der Waals surface area contributed by atoms with Gasteiger partial charge in [0.25, 0.3) is 0 Å². The second kappa shape index (κ2) is 16.5. The zero-order chi connectivity index (χ0) is 39.1. The fraction of sp³-hybridized carbons (Fsp3) is 0.0833. The average Bonchev–Trinajstić information content (AvgIpc) is 3.28. The fourth-order valence-electron chi connectivity index (χ4n) is 6.28. The average molecular weight is 747 g/mol. The highest BCUT2D eigenvalue weighted by Gasteiger charge is 2.15. The van der Waals surface area contributed by atoms with Gasteiger partial charge in [0.05, 0.1) is 21.3 Å². The molecule has 0 bridgehead atoms. The number of hydrogen-bond donors (Lipinski definition) is 0. The van der Waals surface area contributed by atoms with Gasteiger partial charge in [0.1, 0.15) is 17.2 Å². The Hall–Kier alpha value is -7.52. The standard InChI is InChI=1S/C48H38N6O3/c1-31-9-5-10-36(27-31)45-49-43(50-46(53-45)37-11-6-14-40(28-37)55-2)34-23-19-32(20-24-34)17-18-33-21-25-35(26-22-33)44-51-47(38-12-7-15-41(29-38)56-3)54-48(52-44)39-13-8-16-42(30-39)57-4/h5-30H,1-4H3. The Morgan fingerprint density at radius 1 is 0.333 bits per heavy atom. The highest BCUT2D eigenvalue weighted by Crippen LogP contribution is 2.30. The van der Waals surface area contributed by atoms with E-state index in [2.05, 4.69) is 55.5 Å². The van der Waals surface area contributed by atoms with E-state index in [0.717, 1.165) is 67.3 Å². The maximum atomic E-state index is 5.48. The molecule has 2 heterocycles. The van der Waals surface area contributed by atoms with Gasteiger partial charge >= 0.3 is 0 Å². The molecule has 0 amide bonds. The largest absolute Gasteiger partial charge is 0.497 e. The number of benzene rings is 6. The van der Waals surface area contributed by atoms with Gasteiger partial charge in [-0.15, -0.1) is 0 Å². The smallest absolute Gasteiger partial charge is 0.164 e. The zero-order valence-electron chi connectivity index (χ0n) is 31.9. The van der Waals surface area contributed by atoms with Crippen molar-refractivity contribution in [2.75, 3.05) is 21.3 Å². The first-order chi connectivity index (χ1) is 27.9. The first-order valence-corrected chi connectivity index (χ1v) is 18.4. The summed E-state index contributed by atoms with van der Waals surface area (Å²) < 4.78 is 16.4. The molecule has 0 aliphatic rings. The molecule has 9 heteroatoms. The first-order valence-electron chi connectivity index (χ1n) is 18.4. The van der Waals surface area contributed by atoms with Crippen molar-refractivity contribution in [1.82, 2.24) is 29.9 Å². The molecular weight excluding hydrogens is 709 g/mol. The van der Waals surface area contributed by atoms with Crippen LogP contribution in [0.2, 0.25) is 0 Å². The molecule has 0 fully saturated rings. The third-order valence-corrected chi connectivity index (χ3v) is 9.34. The van der Waals surface area contributed by atoms with Gasteiger partial charge in [-0.05, 0) is 60.5 Å². The summed E-state index contributed by atoms with van der Waals surface area (Å²) in [6, 6.07) is 47.7. The molecule has 57 heavy (non-hydrogen) atoms. The van der Waals surface area contributed by atoms with Crippen molar-refractivity contribution in [2.45, 2.75) is 6.92 Å². The van der Waals surface area contributed by atoms with Crippen molar-refractivity contribution in [1.29, 1.82) is 0 Å². The number of methoxy groups -OCH3 is 3. The van der Waals surface area contributed by atoms with Crippen LogP contribution in [0, 0.1) is 6.92 Å². The number of ether oxygens (including phenoxy) is 3. The van der Waals surface area contributed by atoms with E-state index < -0.39 is 0 Å². The molecule has 0 radical (unpaired) electrons. The van der Waals surface area contributed by atoms with Crippen molar-refractivity contribution in [3.63, 3.8) is 0 Å². The van der Waals surface area contributed by atoms with E-state index in [1.807, 2.05) is 109 Å². The van der Waals surface area contributed by atoms with Crippen LogP contribution in [0.25, 0.3) is 80.5 Å². The van der Waals surface area contributed by atoms with Gasteiger partial charge in [-0.1, -0.05) is 121 Å². The molecule has 278 valence electrons. The van der Waals surface area contributed by atoms with Crippen LogP contribution in [-0.2, 0) is 0 Å². The SMILES string of the molecule is COc1cccc(-c2nc(-c3ccc(C=Cc4ccc(-c5nc(-c6cccc(OC)c6)nc(-c6cccc(OC)c6)n5)cc4)cc3)nc(-c3cccc(C)c3)n2)c1. The van der Waals surface area contributed by atoms with Crippen LogP contribution < -0.4 is 14.2 Å². The summed E-state index contributed by atoms with van der Waals surface area (Å²) in [5.41, 5.74) is 8.37. The van der Waals surface area contributed by atoms with Gasteiger partial charge in [0, 0.05) is 33.4 Å². The minimum Gasteiger partial charge on any atom is -0.497 e. The summed E-state index contributed by atoms with van der Waals surface area (Å²) >= 11 is 0. The molecule has 0 spiro atoms. The summed E-state index contributed by atoms with van der Waals surface area (Å²) in [5.74, 6) is 5.61. The van der Waals surface area contributed by atoms with Crippen LogP contribution in [0.15, 0.2) is 146 Å². The number of aromatic nitrogens is 6. The van der Waals surface area contributed by atoms with E-state index in [4.69, 9.17) is 44.1 Å².